The van der Waals surface area contributed by atoms with E-state index in [1.807, 2.05) is 67.8 Å². The van der Waals surface area contributed by atoms with Gasteiger partial charge in [0.2, 0.25) is 5.95 Å². The third-order valence-corrected chi connectivity index (χ3v) is 17.5. The standard InChI is InChI=1S/C24H30N8O.C24H29N7O2.C19H19N7O/c1-23(2)10-16(11-24(3,4)31-23)32-21-19(28-22(32)25-5)9-18(29-30-21)17-7-6-14(8-20(17)33)15-12-26-27-13-15;1-23(2)10-16(11-24(3,4)30-23)31-21-19(27-22(31)33-5)9-18(28-29-21)17-7-6-14(8-20(17)32)15-12-25-26-13-15;27-18-7-12(13-9-22-23-10-13)1-2-14(18)15-8-16-19(25-24-15)17(11-21-16)26-5-3-20-4-6-26/h6-9,12-13,16,31,33H,10-11H2,1-5H3,(H,25,28)(H,26,27);6-9,12-13,16,30,32H,10-11H2,1-5H3,(H,25,26);1-2,7-11,20-21,27H,3-6H2,(H,22,23). The Bertz CT molecular complexity index is 4380. The molecule has 26 nitrogen and oxygen atoms in total. The number of aromatic amines is 4. The summed E-state index contributed by atoms with van der Waals surface area (Å²) in [5.74, 6) is 1.19. The average molecular weight is 1260 g/mol. The highest BCUT2D eigenvalue weighted by atomic mass is 16.5. The van der Waals surface area contributed by atoms with Crippen LogP contribution in [0, 0.1) is 0 Å². The third-order valence-electron chi connectivity index (χ3n) is 17.5. The van der Waals surface area contributed by atoms with Crippen molar-refractivity contribution >= 4 is 45.0 Å². The molecule has 11 N–H and O–H groups in total. The molecule has 12 aromatic rings. The Labute approximate surface area is 536 Å². The number of hydrogen-bond donors (Lipinski definition) is 11. The second-order valence-electron chi connectivity index (χ2n) is 26.9. The van der Waals surface area contributed by atoms with Gasteiger partial charge in [0.1, 0.15) is 33.8 Å². The number of benzene rings is 3. The van der Waals surface area contributed by atoms with Crippen molar-refractivity contribution in [2.45, 2.75) is 115 Å². The quantitative estimate of drug-likeness (QED) is 0.0573. The second kappa shape index (κ2) is 24.4. The molecule has 0 aliphatic carbocycles. The van der Waals surface area contributed by atoms with E-state index in [-0.39, 0.29) is 51.5 Å². The Balaban J connectivity index is 0.000000128. The van der Waals surface area contributed by atoms with Crippen molar-refractivity contribution in [3.05, 3.63) is 116 Å². The first-order valence-electron chi connectivity index (χ1n) is 31.2. The number of fused-ring (bicyclic) bond motifs is 3. The number of aromatic hydroxyl groups is 3. The van der Waals surface area contributed by atoms with Crippen LogP contribution in [0.4, 0.5) is 11.6 Å². The van der Waals surface area contributed by atoms with Gasteiger partial charge in [0.15, 0.2) is 11.3 Å². The predicted octanol–water partition coefficient (Wildman–Crippen LogP) is 10.3. The zero-order valence-electron chi connectivity index (χ0n) is 53.8. The fourth-order valence-electron chi connectivity index (χ4n) is 14.1. The molecule has 3 fully saturated rings. The Morgan fingerprint density at radius 2 is 0.935 bits per heavy atom. The smallest absolute Gasteiger partial charge is 0.298 e. The van der Waals surface area contributed by atoms with Crippen molar-refractivity contribution in [3.8, 4) is 90.4 Å². The number of methoxy groups -OCH3 is 1. The van der Waals surface area contributed by atoms with E-state index in [0.717, 1.165) is 119 Å². The number of aromatic nitrogens is 17. The molecule has 0 amide bonds. The molecule has 26 heteroatoms. The number of phenolic OH excluding ortho intramolecular Hbond substituents is 3. The van der Waals surface area contributed by atoms with Crippen LogP contribution in [0.1, 0.15) is 93.2 Å². The van der Waals surface area contributed by atoms with Crippen LogP contribution in [0.3, 0.4) is 0 Å². The van der Waals surface area contributed by atoms with Crippen LogP contribution in [0.25, 0.3) is 101 Å². The van der Waals surface area contributed by atoms with Crippen molar-refractivity contribution in [2.24, 2.45) is 0 Å². The lowest BCUT2D eigenvalue weighted by atomic mass is 9.79. The lowest BCUT2D eigenvalue weighted by molar-refractivity contribution is 0.128. The van der Waals surface area contributed by atoms with Crippen LogP contribution < -0.4 is 30.9 Å². The summed E-state index contributed by atoms with van der Waals surface area (Å²) in [7, 11) is 3.51. The highest BCUT2D eigenvalue weighted by Crippen LogP contribution is 2.43. The van der Waals surface area contributed by atoms with E-state index >= 15 is 0 Å². The first kappa shape index (κ1) is 61.5. The van der Waals surface area contributed by atoms with Crippen LogP contribution in [0.15, 0.2) is 116 Å². The molecule has 93 heavy (non-hydrogen) atoms. The minimum Gasteiger partial charge on any atom is -0.507 e. The average Bonchev–Trinajstić information content (AvgIpc) is 1.65. The molecule has 0 saturated carbocycles. The SMILES string of the molecule is CNc1nc2cc(-c3ccc(-c4cn[nH]c4)cc3O)nnc2n1C1CC(C)(C)NC(C)(C)C1.COc1nc2cc(-c3ccc(-c4cn[nH]c4)cc3O)nnc2n1C1CC(C)(C)NC(C)(C)C1.Oc1cc(-c2cn[nH]c2)ccc1-c1cc2[nH]cc(N3CCNCC3)c2nn1. The first-order chi connectivity index (χ1) is 44.6. The van der Waals surface area contributed by atoms with Gasteiger partial charge in [0, 0.05) is 126 Å². The molecular weight excluding hydrogens is 1180 g/mol. The number of anilines is 2. The molecule has 3 aliphatic heterocycles. The van der Waals surface area contributed by atoms with E-state index in [4.69, 9.17) is 14.7 Å². The normalized spacial score (nSPS) is 17.0. The number of rotatable bonds is 11. The van der Waals surface area contributed by atoms with Gasteiger partial charge in [-0.1, -0.05) is 18.2 Å². The predicted molar refractivity (Wildman–Crippen MR) is 359 cm³/mol. The van der Waals surface area contributed by atoms with Gasteiger partial charge >= 0.3 is 0 Å². The van der Waals surface area contributed by atoms with Gasteiger partial charge in [-0.3, -0.25) is 24.4 Å². The zero-order chi connectivity index (χ0) is 65.0. The van der Waals surface area contributed by atoms with Gasteiger partial charge in [0.05, 0.1) is 54.0 Å². The molecule has 0 bridgehead atoms. The van der Waals surface area contributed by atoms with Crippen molar-refractivity contribution in [2.75, 3.05) is 50.6 Å². The minimum absolute atomic E-state index is 0.0100. The van der Waals surface area contributed by atoms with E-state index in [9.17, 15) is 15.3 Å². The van der Waals surface area contributed by atoms with Gasteiger partial charge in [-0.05, 0) is 152 Å². The maximum absolute atomic E-state index is 10.7. The van der Waals surface area contributed by atoms with Gasteiger partial charge in [-0.15, -0.1) is 30.6 Å². The van der Waals surface area contributed by atoms with Crippen LogP contribution in [-0.2, 0) is 0 Å². The number of imidazole rings is 2. The van der Waals surface area contributed by atoms with Gasteiger partial charge in [-0.2, -0.15) is 20.3 Å². The molecule has 0 radical (unpaired) electrons. The molecule has 0 unspecified atom stereocenters. The highest BCUT2D eigenvalue weighted by Gasteiger charge is 2.42. The monoisotopic (exact) mass is 1250 g/mol. The Morgan fingerprint density at radius 1 is 0.505 bits per heavy atom. The van der Waals surface area contributed by atoms with Crippen LogP contribution in [0.2, 0.25) is 0 Å². The van der Waals surface area contributed by atoms with Crippen LogP contribution in [-0.4, -0.2) is 163 Å². The summed E-state index contributed by atoms with van der Waals surface area (Å²) in [5.41, 5.74) is 14.6. The largest absolute Gasteiger partial charge is 0.507 e. The van der Waals surface area contributed by atoms with Crippen molar-refractivity contribution in [1.29, 1.82) is 0 Å². The Hall–Kier alpha value is -10.3. The number of nitrogens with zero attached hydrogens (tertiary/aromatic N) is 14. The van der Waals surface area contributed by atoms with Crippen LogP contribution >= 0.6 is 0 Å². The number of nitrogens with one attached hydrogen (secondary N) is 8. The molecule has 0 spiro atoms. The molecule has 3 saturated heterocycles. The summed E-state index contributed by atoms with van der Waals surface area (Å²) in [4.78, 5) is 15.1. The number of hydrogen-bond acceptors (Lipinski definition) is 20. The Morgan fingerprint density at radius 3 is 1.37 bits per heavy atom. The molecule has 0 atom stereocenters. The fraction of sp³-hybridized carbons (Fsp3) is 0.358. The minimum atomic E-state index is -0.0378. The van der Waals surface area contributed by atoms with Crippen molar-refractivity contribution in [3.63, 3.8) is 0 Å². The molecule has 12 heterocycles. The maximum atomic E-state index is 10.7. The van der Waals surface area contributed by atoms with Crippen molar-refractivity contribution in [1.82, 2.24) is 101 Å². The van der Waals surface area contributed by atoms with Gasteiger partial charge in [-0.25, -0.2) is 4.98 Å². The maximum Gasteiger partial charge on any atom is 0.298 e. The summed E-state index contributed by atoms with van der Waals surface area (Å²) in [6, 6.07) is 23.0. The summed E-state index contributed by atoms with van der Waals surface area (Å²) >= 11 is 0. The van der Waals surface area contributed by atoms with E-state index in [1.54, 1.807) is 62.5 Å². The summed E-state index contributed by atoms with van der Waals surface area (Å²) in [5, 5.41) is 93.0. The van der Waals surface area contributed by atoms with Crippen LogP contribution in [0.5, 0.6) is 23.3 Å². The van der Waals surface area contributed by atoms with E-state index in [0.29, 0.717) is 50.9 Å². The molecule has 480 valence electrons. The van der Waals surface area contributed by atoms with Gasteiger partial charge < -0.3 is 51.2 Å². The molecular formula is C67H78N22O4. The summed E-state index contributed by atoms with van der Waals surface area (Å²) in [6.07, 6.45) is 16.2. The third kappa shape index (κ3) is 12.8. The van der Waals surface area contributed by atoms with Crippen molar-refractivity contribution < 1.29 is 20.1 Å². The second-order valence-corrected chi connectivity index (χ2v) is 26.9. The number of ether oxygens (including phenoxy) is 1. The number of phenols is 3. The van der Waals surface area contributed by atoms with E-state index in [2.05, 4.69) is 157 Å². The highest BCUT2D eigenvalue weighted by molar-refractivity contribution is 5.91. The molecule has 9 aromatic heterocycles. The molecule has 3 aliphatic rings. The van der Waals surface area contributed by atoms with E-state index in [1.165, 1.54) is 0 Å². The first-order valence-corrected chi connectivity index (χ1v) is 31.2. The lowest BCUT2D eigenvalue weighted by Gasteiger charge is -2.47. The van der Waals surface area contributed by atoms with Gasteiger partial charge in [0.25, 0.3) is 6.01 Å². The lowest BCUT2D eigenvalue weighted by Crippen LogP contribution is -2.58. The number of piperidine rings is 2. The number of H-pyrrole nitrogens is 4. The summed E-state index contributed by atoms with van der Waals surface area (Å²) in [6.45, 7) is 21.6. The fourth-order valence-corrected chi connectivity index (χ4v) is 14.1. The Kier molecular flexibility index (Phi) is 16.1. The summed E-state index contributed by atoms with van der Waals surface area (Å²) < 4.78 is 9.90. The topological polar surface area (TPSA) is 336 Å². The molecule has 15 rings (SSSR count). The zero-order valence-corrected chi connectivity index (χ0v) is 53.8. The number of piperazine rings is 1. The van der Waals surface area contributed by atoms with E-state index < -0.39 is 0 Å². The molecule has 3 aromatic carbocycles.